The Bertz CT molecular complexity index is 646. The molecule has 0 fully saturated rings. The Labute approximate surface area is 116 Å². The lowest BCUT2D eigenvalue weighted by atomic mass is 9.79. The molecule has 0 saturated heterocycles. The molecule has 2 rings (SSSR count). The Kier molecular flexibility index (Phi) is 4.17. The molecule has 0 spiro atoms. The number of aryl methyl sites for hydroxylation is 1. The third-order valence-electron chi connectivity index (χ3n) is 2.83. The summed E-state index contributed by atoms with van der Waals surface area (Å²) in [7, 11) is -1.96. The van der Waals surface area contributed by atoms with Crippen molar-refractivity contribution in [3.63, 3.8) is 0 Å². The van der Waals surface area contributed by atoms with E-state index in [1.54, 1.807) is 18.2 Å². The molecular formula is C14H13BFNO3. The second kappa shape index (κ2) is 5.86. The third-order valence-corrected chi connectivity index (χ3v) is 2.83. The summed E-state index contributed by atoms with van der Waals surface area (Å²) < 4.78 is 14.0. The highest BCUT2D eigenvalue weighted by Gasteiger charge is 2.21. The fourth-order valence-corrected chi connectivity index (χ4v) is 1.85. The number of halogens is 1. The molecule has 0 bridgehead atoms. The molecule has 3 N–H and O–H groups in total. The molecule has 0 unspecified atom stereocenters. The van der Waals surface area contributed by atoms with Crippen LogP contribution in [0.5, 0.6) is 0 Å². The number of benzene rings is 2. The number of carbonyl (C=O) groups excluding carboxylic acids is 1. The lowest BCUT2D eigenvalue weighted by Crippen LogP contribution is -2.34. The van der Waals surface area contributed by atoms with Crippen molar-refractivity contribution in [1.29, 1.82) is 0 Å². The van der Waals surface area contributed by atoms with Crippen LogP contribution in [0.25, 0.3) is 0 Å². The number of hydrogen-bond acceptors (Lipinski definition) is 3. The van der Waals surface area contributed by atoms with Crippen molar-refractivity contribution < 1.29 is 19.2 Å². The Hall–Kier alpha value is -2.18. The van der Waals surface area contributed by atoms with E-state index in [4.69, 9.17) is 10.0 Å². The van der Waals surface area contributed by atoms with Crippen molar-refractivity contribution in [2.45, 2.75) is 6.92 Å². The lowest BCUT2D eigenvalue weighted by molar-refractivity contribution is 0.102. The van der Waals surface area contributed by atoms with Crippen molar-refractivity contribution in [3.05, 3.63) is 59.4 Å². The normalized spacial score (nSPS) is 10.2. The highest BCUT2D eigenvalue weighted by Crippen LogP contribution is 2.13. The smallest absolute Gasteiger partial charge is 0.423 e. The molecule has 0 aliphatic rings. The van der Waals surface area contributed by atoms with Crippen molar-refractivity contribution in [1.82, 2.24) is 0 Å². The maximum atomic E-state index is 14.0. The van der Waals surface area contributed by atoms with Crippen molar-refractivity contribution in [3.8, 4) is 0 Å². The Morgan fingerprint density at radius 3 is 2.55 bits per heavy atom. The molecular weight excluding hydrogens is 260 g/mol. The summed E-state index contributed by atoms with van der Waals surface area (Å²) in [6.07, 6.45) is 0. The van der Waals surface area contributed by atoms with Crippen LogP contribution in [0, 0.1) is 12.7 Å². The van der Waals surface area contributed by atoms with Gasteiger partial charge in [-0.1, -0.05) is 24.3 Å². The molecule has 6 heteroatoms. The zero-order valence-electron chi connectivity index (χ0n) is 10.8. The minimum Gasteiger partial charge on any atom is -0.423 e. The van der Waals surface area contributed by atoms with Gasteiger partial charge in [0.15, 0.2) is 0 Å². The molecule has 0 atom stereocenters. The largest absolute Gasteiger partial charge is 0.491 e. The maximum Gasteiger partial charge on any atom is 0.491 e. The van der Waals surface area contributed by atoms with E-state index in [1.807, 2.05) is 13.0 Å². The van der Waals surface area contributed by atoms with E-state index in [0.29, 0.717) is 5.69 Å². The van der Waals surface area contributed by atoms with Crippen LogP contribution in [-0.2, 0) is 0 Å². The van der Waals surface area contributed by atoms with Gasteiger partial charge in [0.05, 0.1) is 5.56 Å². The topological polar surface area (TPSA) is 69.6 Å². The van der Waals surface area contributed by atoms with E-state index in [-0.39, 0.29) is 11.0 Å². The van der Waals surface area contributed by atoms with E-state index in [2.05, 4.69) is 5.32 Å². The first-order valence-corrected chi connectivity index (χ1v) is 6.01. The van der Waals surface area contributed by atoms with E-state index in [0.717, 1.165) is 5.56 Å². The number of hydrogen-bond donors (Lipinski definition) is 3. The van der Waals surface area contributed by atoms with Gasteiger partial charge in [0.2, 0.25) is 0 Å². The Balaban J connectivity index is 2.28. The van der Waals surface area contributed by atoms with Crippen molar-refractivity contribution >= 4 is 24.2 Å². The molecule has 4 nitrogen and oxygen atoms in total. The summed E-state index contributed by atoms with van der Waals surface area (Å²) in [6.45, 7) is 1.87. The maximum absolute atomic E-state index is 14.0. The van der Waals surface area contributed by atoms with Crippen molar-refractivity contribution in [2.24, 2.45) is 0 Å². The molecule has 20 heavy (non-hydrogen) atoms. The highest BCUT2D eigenvalue weighted by atomic mass is 19.1. The minimum atomic E-state index is -1.96. The summed E-state index contributed by atoms with van der Waals surface area (Å²) in [5, 5.41) is 20.6. The number of anilines is 1. The molecule has 2 aromatic carbocycles. The first-order valence-electron chi connectivity index (χ1n) is 6.01. The van der Waals surface area contributed by atoms with Crippen LogP contribution < -0.4 is 10.8 Å². The summed E-state index contributed by atoms with van der Waals surface area (Å²) >= 11 is 0. The molecule has 0 saturated carbocycles. The average Bonchev–Trinajstić information content (AvgIpc) is 2.38. The first kappa shape index (κ1) is 14.2. The van der Waals surface area contributed by atoms with Crippen molar-refractivity contribution in [2.75, 3.05) is 5.32 Å². The van der Waals surface area contributed by atoms with Gasteiger partial charge in [0.1, 0.15) is 5.82 Å². The number of amides is 1. The predicted octanol–water partition coefficient (Wildman–Crippen LogP) is 1.07. The molecule has 0 aliphatic carbocycles. The molecule has 0 aromatic heterocycles. The van der Waals surface area contributed by atoms with Gasteiger partial charge in [-0.05, 0) is 30.7 Å². The van der Waals surface area contributed by atoms with Gasteiger partial charge >= 0.3 is 7.12 Å². The fourth-order valence-electron chi connectivity index (χ4n) is 1.85. The van der Waals surface area contributed by atoms with Crippen LogP contribution >= 0.6 is 0 Å². The zero-order chi connectivity index (χ0) is 14.7. The summed E-state index contributed by atoms with van der Waals surface area (Å²) in [5.74, 6) is -1.58. The van der Waals surface area contributed by atoms with Gasteiger partial charge in [-0.15, -0.1) is 0 Å². The summed E-state index contributed by atoms with van der Waals surface area (Å²) in [6, 6.07) is 11.0. The van der Waals surface area contributed by atoms with Crippen LogP contribution in [-0.4, -0.2) is 23.1 Å². The molecule has 1 amide bonds. The van der Waals surface area contributed by atoms with Gasteiger partial charge in [-0.25, -0.2) is 4.39 Å². The Morgan fingerprint density at radius 2 is 1.90 bits per heavy atom. The van der Waals surface area contributed by atoms with Gasteiger partial charge < -0.3 is 15.4 Å². The van der Waals surface area contributed by atoms with Crippen LogP contribution in [0.3, 0.4) is 0 Å². The zero-order valence-corrected chi connectivity index (χ0v) is 10.8. The first-order chi connectivity index (χ1) is 9.49. The van der Waals surface area contributed by atoms with E-state index in [1.165, 1.54) is 18.2 Å². The predicted molar refractivity (Wildman–Crippen MR) is 75.4 cm³/mol. The van der Waals surface area contributed by atoms with E-state index < -0.39 is 18.8 Å². The number of rotatable bonds is 3. The van der Waals surface area contributed by atoms with Gasteiger partial charge in [-0.3, -0.25) is 4.79 Å². The SMILES string of the molecule is Cc1cccc(NC(=O)c2cccc(B(O)O)c2F)c1. The van der Waals surface area contributed by atoms with Gasteiger partial charge in [-0.2, -0.15) is 0 Å². The molecule has 2 aromatic rings. The van der Waals surface area contributed by atoms with Crippen LogP contribution in [0.1, 0.15) is 15.9 Å². The number of carbonyl (C=O) groups is 1. The monoisotopic (exact) mass is 273 g/mol. The van der Waals surface area contributed by atoms with Gasteiger partial charge in [0, 0.05) is 11.2 Å². The second-order valence-corrected chi connectivity index (χ2v) is 4.41. The van der Waals surface area contributed by atoms with E-state index in [9.17, 15) is 9.18 Å². The van der Waals surface area contributed by atoms with Crippen LogP contribution in [0.15, 0.2) is 42.5 Å². The quantitative estimate of drug-likeness (QED) is 0.732. The van der Waals surface area contributed by atoms with Crippen LogP contribution in [0.4, 0.5) is 10.1 Å². The third kappa shape index (κ3) is 3.04. The lowest BCUT2D eigenvalue weighted by Gasteiger charge is -2.09. The van der Waals surface area contributed by atoms with Crippen LogP contribution in [0.2, 0.25) is 0 Å². The minimum absolute atomic E-state index is 0.239. The molecule has 0 heterocycles. The second-order valence-electron chi connectivity index (χ2n) is 4.41. The Morgan fingerprint density at radius 1 is 1.20 bits per heavy atom. The standard InChI is InChI=1S/C14H13BFNO3/c1-9-4-2-5-10(8-9)17-14(18)11-6-3-7-12(13(11)16)15(19)20/h2-8,19-20H,1H3,(H,17,18). The molecule has 102 valence electrons. The highest BCUT2D eigenvalue weighted by molar-refractivity contribution is 6.58. The van der Waals surface area contributed by atoms with E-state index >= 15 is 0 Å². The summed E-state index contributed by atoms with van der Waals surface area (Å²) in [5.41, 5.74) is 0.936. The number of nitrogens with one attached hydrogen (secondary N) is 1. The summed E-state index contributed by atoms with van der Waals surface area (Å²) in [4.78, 5) is 12.0. The molecule has 0 radical (unpaired) electrons. The van der Waals surface area contributed by atoms with Gasteiger partial charge in [0.25, 0.3) is 5.91 Å². The fraction of sp³-hybridized carbons (Fsp3) is 0.0714. The molecule has 0 aliphatic heterocycles. The average molecular weight is 273 g/mol.